The first-order valence-corrected chi connectivity index (χ1v) is 7.17. The van der Waals surface area contributed by atoms with Gasteiger partial charge in [0.05, 0.1) is 18.9 Å². The third-order valence-electron chi connectivity index (χ3n) is 2.92. The maximum atomic E-state index is 5.35. The Labute approximate surface area is 107 Å². The number of morpholine rings is 1. The van der Waals surface area contributed by atoms with Crippen molar-refractivity contribution in [3.8, 4) is 0 Å². The lowest BCUT2D eigenvalue weighted by atomic mass is 10.3. The van der Waals surface area contributed by atoms with E-state index in [1.54, 1.807) is 11.3 Å². The monoisotopic (exact) mass is 255 g/mol. The molecule has 1 unspecified atom stereocenters. The van der Waals surface area contributed by atoms with Crippen LogP contribution in [0.2, 0.25) is 0 Å². The highest BCUT2D eigenvalue weighted by molar-refractivity contribution is 7.13. The Balaban J connectivity index is 1.77. The zero-order chi connectivity index (χ0) is 12.1. The van der Waals surface area contributed by atoms with Gasteiger partial charge in [-0.05, 0) is 13.3 Å². The van der Waals surface area contributed by atoms with E-state index in [0.29, 0.717) is 6.04 Å². The maximum absolute atomic E-state index is 5.35. The number of rotatable bonds is 5. The number of hydrogen-bond donors (Lipinski definition) is 1. The minimum absolute atomic E-state index is 0.434. The molecular formula is C12H21N3OS. The molecule has 17 heavy (non-hydrogen) atoms. The number of thiazole rings is 1. The second-order valence-corrected chi connectivity index (χ2v) is 5.31. The zero-order valence-electron chi connectivity index (χ0n) is 10.6. The Kier molecular flexibility index (Phi) is 4.76. The van der Waals surface area contributed by atoms with Crippen LogP contribution in [0.25, 0.3) is 0 Å². The van der Waals surface area contributed by atoms with Crippen LogP contribution in [0.4, 0.5) is 5.13 Å². The minimum atomic E-state index is 0.434. The standard InChI is InChI=1S/C12H21N3OS/c1-3-11-9-17-12(14-11)13-10(2)8-15-4-6-16-7-5-15/h9-10H,3-8H2,1-2H3,(H,13,14). The summed E-state index contributed by atoms with van der Waals surface area (Å²) in [4.78, 5) is 6.97. The molecule has 1 saturated heterocycles. The van der Waals surface area contributed by atoms with Gasteiger partial charge in [-0.1, -0.05) is 6.92 Å². The highest BCUT2D eigenvalue weighted by atomic mass is 32.1. The molecule has 1 aromatic heterocycles. The molecule has 4 nitrogen and oxygen atoms in total. The van der Waals surface area contributed by atoms with E-state index >= 15 is 0 Å². The second kappa shape index (κ2) is 6.33. The molecule has 1 aromatic rings. The first-order chi connectivity index (χ1) is 8.28. The van der Waals surface area contributed by atoms with Crippen LogP contribution in [-0.4, -0.2) is 48.8 Å². The molecule has 1 aliphatic heterocycles. The maximum Gasteiger partial charge on any atom is 0.183 e. The van der Waals surface area contributed by atoms with Gasteiger partial charge in [-0.25, -0.2) is 4.98 Å². The molecule has 0 amide bonds. The Bertz CT molecular complexity index is 336. The van der Waals surface area contributed by atoms with Crippen molar-refractivity contribution in [2.45, 2.75) is 26.3 Å². The predicted octanol–water partition coefficient (Wildman–Crippen LogP) is 1.84. The Hall–Kier alpha value is -0.650. The van der Waals surface area contributed by atoms with Gasteiger partial charge in [0.25, 0.3) is 0 Å². The van der Waals surface area contributed by atoms with Crippen LogP contribution in [0.5, 0.6) is 0 Å². The first kappa shape index (κ1) is 12.8. The molecule has 1 N–H and O–H groups in total. The van der Waals surface area contributed by atoms with Crippen LogP contribution in [0.1, 0.15) is 19.5 Å². The summed E-state index contributed by atoms with van der Waals surface area (Å²) in [6.45, 7) is 9.23. The van der Waals surface area contributed by atoms with Crippen LogP contribution in [0, 0.1) is 0 Å². The van der Waals surface area contributed by atoms with Gasteiger partial charge >= 0.3 is 0 Å². The number of nitrogens with zero attached hydrogens (tertiary/aromatic N) is 2. The Morgan fingerprint density at radius 3 is 2.94 bits per heavy atom. The molecule has 1 fully saturated rings. The van der Waals surface area contributed by atoms with Crippen LogP contribution in [0.3, 0.4) is 0 Å². The van der Waals surface area contributed by atoms with E-state index in [0.717, 1.165) is 44.4 Å². The molecule has 0 radical (unpaired) electrons. The van der Waals surface area contributed by atoms with E-state index in [2.05, 4.69) is 34.4 Å². The van der Waals surface area contributed by atoms with Crippen molar-refractivity contribution in [3.63, 3.8) is 0 Å². The fraction of sp³-hybridized carbons (Fsp3) is 0.750. The van der Waals surface area contributed by atoms with Gasteiger partial charge in [0.2, 0.25) is 0 Å². The quantitative estimate of drug-likeness (QED) is 0.871. The predicted molar refractivity (Wildman–Crippen MR) is 71.8 cm³/mol. The van der Waals surface area contributed by atoms with E-state index in [1.807, 2.05) is 0 Å². The normalized spacial score (nSPS) is 19.2. The van der Waals surface area contributed by atoms with E-state index in [4.69, 9.17) is 4.74 Å². The molecule has 0 saturated carbocycles. The van der Waals surface area contributed by atoms with E-state index in [-0.39, 0.29) is 0 Å². The molecule has 0 aromatic carbocycles. The van der Waals surface area contributed by atoms with Gasteiger partial charge in [-0.15, -0.1) is 11.3 Å². The van der Waals surface area contributed by atoms with E-state index in [1.165, 1.54) is 5.69 Å². The van der Waals surface area contributed by atoms with Crippen molar-refractivity contribution in [1.82, 2.24) is 9.88 Å². The fourth-order valence-corrected chi connectivity index (χ4v) is 2.87. The third kappa shape index (κ3) is 3.94. The molecule has 2 heterocycles. The van der Waals surface area contributed by atoms with Crippen LogP contribution in [-0.2, 0) is 11.2 Å². The molecule has 1 atom stereocenters. The number of nitrogens with one attached hydrogen (secondary N) is 1. The van der Waals surface area contributed by atoms with Gasteiger partial charge in [0.1, 0.15) is 0 Å². The summed E-state index contributed by atoms with van der Waals surface area (Å²) in [6.07, 6.45) is 1.01. The summed E-state index contributed by atoms with van der Waals surface area (Å²) in [5.41, 5.74) is 1.18. The lowest BCUT2D eigenvalue weighted by molar-refractivity contribution is 0.0368. The largest absolute Gasteiger partial charge is 0.379 e. The molecule has 2 rings (SSSR count). The topological polar surface area (TPSA) is 37.4 Å². The molecule has 96 valence electrons. The van der Waals surface area contributed by atoms with E-state index < -0.39 is 0 Å². The lowest BCUT2D eigenvalue weighted by Gasteiger charge is -2.29. The highest BCUT2D eigenvalue weighted by Gasteiger charge is 2.14. The van der Waals surface area contributed by atoms with Gasteiger partial charge in [0.15, 0.2) is 5.13 Å². The van der Waals surface area contributed by atoms with E-state index in [9.17, 15) is 0 Å². The SMILES string of the molecule is CCc1csc(NC(C)CN2CCOCC2)n1. The average molecular weight is 255 g/mol. The molecule has 5 heteroatoms. The minimum Gasteiger partial charge on any atom is -0.379 e. The average Bonchev–Trinajstić information content (AvgIpc) is 2.78. The van der Waals surface area contributed by atoms with Crippen molar-refractivity contribution in [2.75, 3.05) is 38.2 Å². The summed E-state index contributed by atoms with van der Waals surface area (Å²) in [5.74, 6) is 0. The van der Waals surface area contributed by atoms with Gasteiger partial charge in [-0.2, -0.15) is 0 Å². The second-order valence-electron chi connectivity index (χ2n) is 4.46. The van der Waals surface area contributed by atoms with Crippen molar-refractivity contribution < 1.29 is 4.74 Å². The molecule has 0 aliphatic carbocycles. The lowest BCUT2D eigenvalue weighted by Crippen LogP contribution is -2.42. The van der Waals surface area contributed by atoms with Gasteiger partial charge in [0, 0.05) is 31.1 Å². The molecule has 0 spiro atoms. The smallest absolute Gasteiger partial charge is 0.183 e. The van der Waals surface area contributed by atoms with Gasteiger partial charge < -0.3 is 10.1 Å². The summed E-state index contributed by atoms with van der Waals surface area (Å²) in [7, 11) is 0. The fourth-order valence-electron chi connectivity index (χ4n) is 1.96. The van der Waals surface area contributed by atoms with Crippen LogP contribution >= 0.6 is 11.3 Å². The molecule has 1 aliphatic rings. The number of aromatic nitrogens is 1. The zero-order valence-corrected chi connectivity index (χ0v) is 11.4. The Morgan fingerprint density at radius 1 is 1.53 bits per heavy atom. The third-order valence-corrected chi connectivity index (χ3v) is 3.74. The summed E-state index contributed by atoms with van der Waals surface area (Å²) < 4.78 is 5.35. The first-order valence-electron chi connectivity index (χ1n) is 6.29. The van der Waals surface area contributed by atoms with Crippen molar-refractivity contribution in [2.24, 2.45) is 0 Å². The van der Waals surface area contributed by atoms with Crippen LogP contribution in [0.15, 0.2) is 5.38 Å². The number of hydrogen-bond acceptors (Lipinski definition) is 5. The van der Waals surface area contributed by atoms with Gasteiger partial charge in [-0.3, -0.25) is 4.90 Å². The van der Waals surface area contributed by atoms with Crippen LogP contribution < -0.4 is 5.32 Å². The Morgan fingerprint density at radius 2 is 2.29 bits per heavy atom. The molecule has 0 bridgehead atoms. The number of anilines is 1. The number of aryl methyl sites for hydroxylation is 1. The van der Waals surface area contributed by atoms with Crippen molar-refractivity contribution in [1.29, 1.82) is 0 Å². The summed E-state index contributed by atoms with van der Waals surface area (Å²) in [6, 6.07) is 0.434. The number of ether oxygens (including phenoxy) is 1. The summed E-state index contributed by atoms with van der Waals surface area (Å²) in [5, 5.41) is 6.64. The van der Waals surface area contributed by atoms with Crippen molar-refractivity contribution in [3.05, 3.63) is 11.1 Å². The summed E-state index contributed by atoms with van der Waals surface area (Å²) >= 11 is 1.70. The highest BCUT2D eigenvalue weighted by Crippen LogP contribution is 2.16. The van der Waals surface area contributed by atoms with Crippen molar-refractivity contribution >= 4 is 16.5 Å². The molecular weight excluding hydrogens is 234 g/mol.